The fourth-order valence-corrected chi connectivity index (χ4v) is 2.72. The number of amides is 2. The summed E-state index contributed by atoms with van der Waals surface area (Å²) in [4.78, 5) is 28.1. The summed E-state index contributed by atoms with van der Waals surface area (Å²) in [5.74, 6) is -0.161. The van der Waals surface area contributed by atoms with E-state index in [0.717, 1.165) is 11.1 Å². The molecule has 0 saturated carbocycles. The van der Waals surface area contributed by atoms with Gasteiger partial charge in [-0.15, -0.1) is 0 Å². The molecule has 7 nitrogen and oxygen atoms in total. The molecular weight excluding hydrogens is 326 g/mol. The van der Waals surface area contributed by atoms with Gasteiger partial charge in [0.15, 0.2) is 5.82 Å². The standard InChI is InChI=1S/C16H15N5O2S/c1-10-18-14(21-20-10)12-3-2-4-13(7-12)19-16(23)15(22)17-8-11-5-6-24-9-11/h2-7,9H,8H2,1H3,(H,17,22)(H,19,23)(H,18,20,21). The zero-order valence-corrected chi connectivity index (χ0v) is 13.7. The summed E-state index contributed by atoms with van der Waals surface area (Å²) >= 11 is 1.54. The van der Waals surface area contributed by atoms with Crippen LogP contribution in [0.4, 0.5) is 5.69 Å². The van der Waals surface area contributed by atoms with Crippen LogP contribution < -0.4 is 10.6 Å². The number of rotatable bonds is 4. The molecule has 0 spiro atoms. The maximum atomic E-state index is 12.0. The number of aromatic amines is 1. The van der Waals surface area contributed by atoms with Gasteiger partial charge in [-0.1, -0.05) is 12.1 Å². The highest BCUT2D eigenvalue weighted by molar-refractivity contribution is 7.07. The van der Waals surface area contributed by atoms with Crippen LogP contribution in [0, 0.1) is 6.92 Å². The van der Waals surface area contributed by atoms with E-state index in [1.807, 2.05) is 22.9 Å². The highest BCUT2D eigenvalue weighted by atomic mass is 32.1. The number of thiophene rings is 1. The fourth-order valence-electron chi connectivity index (χ4n) is 2.05. The van der Waals surface area contributed by atoms with E-state index >= 15 is 0 Å². The van der Waals surface area contributed by atoms with Gasteiger partial charge < -0.3 is 10.6 Å². The van der Waals surface area contributed by atoms with Crippen LogP contribution in [0.5, 0.6) is 0 Å². The Labute approximate surface area is 142 Å². The van der Waals surface area contributed by atoms with Crippen LogP contribution in [0.3, 0.4) is 0 Å². The van der Waals surface area contributed by atoms with Gasteiger partial charge in [0, 0.05) is 17.8 Å². The number of carbonyl (C=O) groups excluding carboxylic acids is 2. The van der Waals surface area contributed by atoms with E-state index in [9.17, 15) is 9.59 Å². The van der Waals surface area contributed by atoms with E-state index in [4.69, 9.17) is 0 Å². The number of benzene rings is 1. The first-order valence-electron chi connectivity index (χ1n) is 7.21. The molecule has 0 atom stereocenters. The maximum Gasteiger partial charge on any atom is 0.313 e. The number of hydrogen-bond acceptors (Lipinski definition) is 5. The van der Waals surface area contributed by atoms with Gasteiger partial charge in [0.1, 0.15) is 5.82 Å². The van der Waals surface area contributed by atoms with E-state index in [2.05, 4.69) is 25.8 Å². The lowest BCUT2D eigenvalue weighted by Crippen LogP contribution is -2.34. The van der Waals surface area contributed by atoms with Crippen molar-refractivity contribution in [2.24, 2.45) is 0 Å². The smallest absolute Gasteiger partial charge is 0.313 e. The molecule has 3 N–H and O–H groups in total. The van der Waals surface area contributed by atoms with Crippen LogP contribution >= 0.6 is 11.3 Å². The number of nitrogens with zero attached hydrogens (tertiary/aromatic N) is 2. The van der Waals surface area contributed by atoms with Crippen LogP contribution in [0.25, 0.3) is 11.4 Å². The Morgan fingerprint density at radius 3 is 2.83 bits per heavy atom. The molecule has 0 bridgehead atoms. The van der Waals surface area contributed by atoms with Crippen LogP contribution in [0.15, 0.2) is 41.1 Å². The molecule has 0 radical (unpaired) electrons. The molecule has 2 aromatic heterocycles. The quantitative estimate of drug-likeness (QED) is 0.633. The number of nitrogens with one attached hydrogen (secondary N) is 3. The lowest BCUT2D eigenvalue weighted by atomic mass is 10.2. The van der Waals surface area contributed by atoms with E-state index in [0.29, 0.717) is 23.9 Å². The number of carbonyl (C=O) groups is 2. The van der Waals surface area contributed by atoms with E-state index in [-0.39, 0.29) is 0 Å². The number of hydrogen-bond donors (Lipinski definition) is 3. The van der Waals surface area contributed by atoms with Crippen molar-refractivity contribution in [3.05, 3.63) is 52.5 Å². The maximum absolute atomic E-state index is 12.0. The molecule has 1 aromatic carbocycles. The molecule has 0 fully saturated rings. The van der Waals surface area contributed by atoms with Crippen LogP contribution in [-0.2, 0) is 16.1 Å². The summed E-state index contributed by atoms with van der Waals surface area (Å²) in [5, 5.41) is 15.8. The Morgan fingerprint density at radius 2 is 2.12 bits per heavy atom. The minimum absolute atomic E-state index is 0.326. The van der Waals surface area contributed by atoms with Gasteiger partial charge in [-0.25, -0.2) is 4.98 Å². The third-order valence-corrected chi connectivity index (χ3v) is 3.95. The fraction of sp³-hybridized carbons (Fsp3) is 0.125. The van der Waals surface area contributed by atoms with Crippen molar-refractivity contribution in [1.29, 1.82) is 0 Å². The lowest BCUT2D eigenvalue weighted by Gasteiger charge is -2.06. The molecule has 122 valence electrons. The first kappa shape index (κ1) is 15.9. The van der Waals surface area contributed by atoms with Gasteiger partial charge in [0.2, 0.25) is 0 Å². The summed E-state index contributed by atoms with van der Waals surface area (Å²) in [6.07, 6.45) is 0. The second-order valence-corrected chi connectivity index (χ2v) is 5.87. The Hall–Kier alpha value is -3.00. The zero-order valence-electron chi connectivity index (χ0n) is 12.9. The van der Waals surface area contributed by atoms with Gasteiger partial charge >= 0.3 is 11.8 Å². The largest absolute Gasteiger partial charge is 0.344 e. The summed E-state index contributed by atoms with van der Waals surface area (Å²) in [6, 6.07) is 8.90. The number of anilines is 1. The topological polar surface area (TPSA) is 99.8 Å². The predicted octanol–water partition coefficient (Wildman–Crippen LogP) is 2.10. The molecule has 0 aliphatic heterocycles. The molecule has 2 heterocycles. The second-order valence-electron chi connectivity index (χ2n) is 5.09. The van der Waals surface area contributed by atoms with Crippen molar-refractivity contribution in [3.63, 3.8) is 0 Å². The molecule has 2 amide bonds. The molecule has 24 heavy (non-hydrogen) atoms. The SMILES string of the molecule is Cc1nc(-c2cccc(NC(=O)C(=O)NCc3ccsc3)c2)n[nH]1. The van der Waals surface area contributed by atoms with E-state index < -0.39 is 11.8 Å². The first-order chi connectivity index (χ1) is 11.6. The Morgan fingerprint density at radius 1 is 1.25 bits per heavy atom. The Balaban J connectivity index is 1.62. The molecule has 8 heteroatoms. The Kier molecular flexibility index (Phi) is 4.66. The molecule has 3 rings (SSSR count). The summed E-state index contributed by atoms with van der Waals surface area (Å²) in [6.45, 7) is 2.13. The highest BCUT2D eigenvalue weighted by Gasteiger charge is 2.14. The molecule has 0 saturated heterocycles. The van der Waals surface area contributed by atoms with Gasteiger partial charge in [0.05, 0.1) is 0 Å². The summed E-state index contributed by atoms with van der Waals surface area (Å²) in [7, 11) is 0. The molecular formula is C16H15N5O2S. The van der Waals surface area contributed by atoms with E-state index in [1.54, 1.807) is 25.1 Å². The normalized spacial score (nSPS) is 10.4. The lowest BCUT2D eigenvalue weighted by molar-refractivity contribution is -0.136. The zero-order chi connectivity index (χ0) is 16.9. The third-order valence-electron chi connectivity index (χ3n) is 3.22. The molecule has 0 unspecified atom stereocenters. The summed E-state index contributed by atoms with van der Waals surface area (Å²) in [5.41, 5.74) is 2.21. The minimum atomic E-state index is -0.714. The average molecular weight is 341 g/mol. The minimum Gasteiger partial charge on any atom is -0.344 e. The predicted molar refractivity (Wildman–Crippen MR) is 91.4 cm³/mol. The number of H-pyrrole nitrogens is 1. The van der Waals surface area contributed by atoms with Crippen LogP contribution in [0.1, 0.15) is 11.4 Å². The molecule has 3 aromatic rings. The van der Waals surface area contributed by atoms with Crippen molar-refractivity contribution < 1.29 is 9.59 Å². The first-order valence-corrected chi connectivity index (χ1v) is 8.16. The van der Waals surface area contributed by atoms with Crippen LogP contribution in [0.2, 0.25) is 0 Å². The van der Waals surface area contributed by atoms with E-state index in [1.165, 1.54) is 11.3 Å². The number of aromatic nitrogens is 3. The molecule has 0 aliphatic rings. The third kappa shape index (κ3) is 3.85. The van der Waals surface area contributed by atoms with Crippen LogP contribution in [-0.4, -0.2) is 27.0 Å². The number of aryl methyl sites for hydroxylation is 1. The van der Waals surface area contributed by atoms with Crippen molar-refractivity contribution in [3.8, 4) is 11.4 Å². The van der Waals surface area contributed by atoms with Crippen molar-refractivity contribution in [2.45, 2.75) is 13.5 Å². The average Bonchev–Trinajstić information content (AvgIpc) is 3.24. The second kappa shape index (κ2) is 7.05. The van der Waals surface area contributed by atoms with Crippen molar-refractivity contribution in [1.82, 2.24) is 20.5 Å². The monoisotopic (exact) mass is 341 g/mol. The van der Waals surface area contributed by atoms with Gasteiger partial charge in [-0.2, -0.15) is 16.4 Å². The van der Waals surface area contributed by atoms with Gasteiger partial charge in [-0.3, -0.25) is 14.7 Å². The summed E-state index contributed by atoms with van der Waals surface area (Å²) < 4.78 is 0. The van der Waals surface area contributed by atoms with Gasteiger partial charge in [0.25, 0.3) is 0 Å². The van der Waals surface area contributed by atoms with Crippen molar-refractivity contribution in [2.75, 3.05) is 5.32 Å². The van der Waals surface area contributed by atoms with Gasteiger partial charge in [-0.05, 0) is 41.4 Å². The Bertz CT molecular complexity index is 857. The van der Waals surface area contributed by atoms with Crippen molar-refractivity contribution >= 4 is 28.8 Å². The highest BCUT2D eigenvalue weighted by Crippen LogP contribution is 2.19. The molecule has 0 aliphatic carbocycles.